The molecule has 0 bridgehead atoms. The van der Waals surface area contributed by atoms with Gasteiger partial charge in [-0.05, 0) is 50.6 Å². The fourth-order valence-corrected chi connectivity index (χ4v) is 3.16. The van der Waals surface area contributed by atoms with Crippen LogP contribution in [0.3, 0.4) is 0 Å². The van der Waals surface area contributed by atoms with Gasteiger partial charge in [0.05, 0.1) is 12.6 Å². The quantitative estimate of drug-likeness (QED) is 0.698. The van der Waals surface area contributed by atoms with Crippen LogP contribution in [0.2, 0.25) is 0 Å². The summed E-state index contributed by atoms with van der Waals surface area (Å²) < 4.78 is 5.53. The number of rotatable bonds is 2. The van der Waals surface area contributed by atoms with Gasteiger partial charge in [0.15, 0.2) is 0 Å². The number of methoxy groups -OCH3 is 1. The smallest absolute Gasteiger partial charge is 0.130 e. The molecule has 0 radical (unpaired) electrons. The third-order valence-corrected chi connectivity index (χ3v) is 4.23. The predicted octanol–water partition coefficient (Wildman–Crippen LogP) is 5.71. The van der Waals surface area contributed by atoms with Crippen LogP contribution in [0.5, 0.6) is 5.75 Å². The lowest BCUT2D eigenvalue weighted by Crippen LogP contribution is -2.26. The summed E-state index contributed by atoms with van der Waals surface area (Å²) in [6, 6.07) is 8.53. The van der Waals surface area contributed by atoms with Crippen LogP contribution in [-0.4, -0.2) is 37.1 Å². The number of pyridine rings is 1. The van der Waals surface area contributed by atoms with Crippen molar-refractivity contribution in [3.8, 4) is 5.75 Å². The number of nitrogens with zero attached hydrogens (tertiary/aromatic N) is 2. The highest BCUT2D eigenvalue weighted by Crippen LogP contribution is 2.32. The van der Waals surface area contributed by atoms with Crippen LogP contribution >= 0.6 is 0 Å². The number of hydrogen-bond acceptors (Lipinski definition) is 3. The van der Waals surface area contributed by atoms with E-state index in [2.05, 4.69) is 42.1 Å². The molecule has 2 heterocycles. The van der Waals surface area contributed by atoms with E-state index < -0.39 is 0 Å². The van der Waals surface area contributed by atoms with E-state index in [1.807, 2.05) is 40.7 Å². The van der Waals surface area contributed by atoms with Crippen molar-refractivity contribution in [2.24, 2.45) is 0 Å². The summed E-state index contributed by atoms with van der Waals surface area (Å²) in [6.07, 6.45) is 1.11. The summed E-state index contributed by atoms with van der Waals surface area (Å²) in [5.74, 6) is 0.908. The third-order valence-electron chi connectivity index (χ3n) is 4.23. The molecule has 3 heteroatoms. The van der Waals surface area contributed by atoms with Crippen LogP contribution < -0.4 is 4.74 Å². The molecule has 138 valence electrons. The van der Waals surface area contributed by atoms with Gasteiger partial charge in [0.2, 0.25) is 0 Å². The maximum Gasteiger partial charge on any atom is 0.130 e. The fraction of sp³-hybridized carbons (Fsp3) is 0.500. The lowest BCUT2D eigenvalue weighted by Gasteiger charge is -2.26. The highest BCUT2D eigenvalue weighted by Gasteiger charge is 2.15. The zero-order valence-corrected chi connectivity index (χ0v) is 17.2. The van der Waals surface area contributed by atoms with Crippen molar-refractivity contribution >= 4 is 16.5 Å². The van der Waals surface area contributed by atoms with Crippen molar-refractivity contribution in [1.82, 2.24) is 9.88 Å². The summed E-state index contributed by atoms with van der Waals surface area (Å²) in [5.41, 5.74) is 6.22. The van der Waals surface area contributed by atoms with E-state index in [1.165, 1.54) is 16.7 Å². The van der Waals surface area contributed by atoms with Crippen molar-refractivity contribution in [3.05, 3.63) is 41.1 Å². The molecule has 0 spiro atoms. The standard InChI is InChI=1S/C18H22N2O.2C2H6/c1-12-11-20(3)8-7-15(12)14-5-6-17-16(10-14)18(21-4)9-13(2)19-17;2*1-2/h5-6,9-10H,7-8,11H2,1-4H3;2*1-2H3. The minimum atomic E-state index is 0.908. The van der Waals surface area contributed by atoms with Crippen LogP contribution in [-0.2, 0) is 0 Å². The molecule has 3 nitrogen and oxygen atoms in total. The first-order valence-corrected chi connectivity index (χ1v) is 9.41. The molecule has 0 unspecified atom stereocenters. The van der Waals surface area contributed by atoms with Gasteiger partial charge in [-0.15, -0.1) is 0 Å². The largest absolute Gasteiger partial charge is 0.496 e. The first-order valence-electron chi connectivity index (χ1n) is 9.41. The highest BCUT2D eigenvalue weighted by molar-refractivity contribution is 5.89. The van der Waals surface area contributed by atoms with Gasteiger partial charge in [0.25, 0.3) is 0 Å². The molecular weight excluding hydrogens is 308 g/mol. The Hall–Kier alpha value is -1.87. The summed E-state index contributed by atoms with van der Waals surface area (Å²) in [6.45, 7) is 14.4. The molecule has 0 saturated carbocycles. The van der Waals surface area contributed by atoms with Gasteiger partial charge in [-0.1, -0.05) is 39.3 Å². The van der Waals surface area contributed by atoms with E-state index in [0.717, 1.165) is 41.9 Å². The van der Waals surface area contributed by atoms with E-state index >= 15 is 0 Å². The van der Waals surface area contributed by atoms with Crippen molar-refractivity contribution in [3.63, 3.8) is 0 Å². The highest BCUT2D eigenvalue weighted by atomic mass is 16.5. The summed E-state index contributed by atoms with van der Waals surface area (Å²) in [7, 11) is 3.90. The molecule has 0 atom stereocenters. The van der Waals surface area contributed by atoms with E-state index in [9.17, 15) is 0 Å². The Labute approximate surface area is 153 Å². The van der Waals surface area contributed by atoms with Gasteiger partial charge in [0.1, 0.15) is 5.75 Å². The summed E-state index contributed by atoms with van der Waals surface area (Å²) >= 11 is 0. The van der Waals surface area contributed by atoms with Gasteiger partial charge >= 0.3 is 0 Å². The molecule has 0 fully saturated rings. The van der Waals surface area contributed by atoms with Crippen molar-refractivity contribution in [2.45, 2.75) is 48.0 Å². The number of aromatic nitrogens is 1. The van der Waals surface area contributed by atoms with E-state index in [-0.39, 0.29) is 0 Å². The number of likely N-dealkylation sites (N-methyl/N-ethyl adjacent to an activating group) is 1. The Balaban J connectivity index is 0.000000730. The normalized spacial score (nSPS) is 14.4. The van der Waals surface area contributed by atoms with E-state index in [4.69, 9.17) is 4.74 Å². The first-order chi connectivity index (χ1) is 12.1. The Morgan fingerprint density at radius 2 is 1.72 bits per heavy atom. The molecule has 1 aromatic carbocycles. The molecule has 0 saturated heterocycles. The van der Waals surface area contributed by atoms with Crippen LogP contribution in [0.25, 0.3) is 16.5 Å². The molecule has 25 heavy (non-hydrogen) atoms. The first kappa shape index (κ1) is 21.2. The number of ether oxygens (including phenoxy) is 1. The number of aryl methyl sites for hydroxylation is 1. The van der Waals surface area contributed by atoms with E-state index in [1.54, 1.807) is 7.11 Å². The van der Waals surface area contributed by atoms with Gasteiger partial charge in [-0.2, -0.15) is 0 Å². The van der Waals surface area contributed by atoms with Crippen LogP contribution in [0.4, 0.5) is 0 Å². The fourth-order valence-electron chi connectivity index (χ4n) is 3.16. The zero-order valence-electron chi connectivity index (χ0n) is 17.2. The summed E-state index contributed by atoms with van der Waals surface area (Å²) in [5, 5.41) is 1.10. The SMILES string of the molecule is CC.CC.COc1cc(C)nc2ccc(C3=C(C)CN(C)CC3)cc12. The van der Waals surface area contributed by atoms with Crippen LogP contribution in [0, 0.1) is 6.92 Å². The van der Waals surface area contributed by atoms with Gasteiger partial charge in [0, 0.05) is 30.2 Å². The number of fused-ring (bicyclic) bond motifs is 1. The van der Waals surface area contributed by atoms with Crippen LogP contribution in [0.1, 0.15) is 52.3 Å². The minimum absolute atomic E-state index is 0.908. The number of benzene rings is 1. The van der Waals surface area contributed by atoms with Crippen molar-refractivity contribution in [1.29, 1.82) is 0 Å². The molecule has 0 N–H and O–H groups in total. The molecular formula is C22H34N2O. The molecule has 0 aliphatic carbocycles. The van der Waals surface area contributed by atoms with Crippen molar-refractivity contribution < 1.29 is 4.74 Å². The Bertz CT molecular complexity index is 719. The second kappa shape index (κ2) is 10.2. The Morgan fingerprint density at radius 3 is 2.32 bits per heavy atom. The molecule has 1 aliphatic heterocycles. The maximum absolute atomic E-state index is 5.53. The van der Waals surface area contributed by atoms with Crippen LogP contribution in [0.15, 0.2) is 29.8 Å². The second-order valence-corrected chi connectivity index (χ2v) is 5.94. The molecule has 2 aromatic rings. The molecule has 1 aliphatic rings. The van der Waals surface area contributed by atoms with Gasteiger partial charge < -0.3 is 9.64 Å². The topological polar surface area (TPSA) is 25.4 Å². The van der Waals surface area contributed by atoms with E-state index in [0.29, 0.717) is 0 Å². The second-order valence-electron chi connectivity index (χ2n) is 5.94. The van der Waals surface area contributed by atoms with Gasteiger partial charge in [-0.25, -0.2) is 0 Å². The lowest BCUT2D eigenvalue weighted by atomic mass is 9.93. The molecule has 0 amide bonds. The average molecular weight is 343 g/mol. The summed E-state index contributed by atoms with van der Waals surface area (Å²) in [4.78, 5) is 6.96. The third kappa shape index (κ3) is 5.05. The monoisotopic (exact) mass is 342 g/mol. The maximum atomic E-state index is 5.53. The lowest BCUT2D eigenvalue weighted by molar-refractivity contribution is 0.359. The Morgan fingerprint density at radius 1 is 1.04 bits per heavy atom. The van der Waals surface area contributed by atoms with Gasteiger partial charge in [-0.3, -0.25) is 4.98 Å². The predicted molar refractivity (Wildman–Crippen MR) is 110 cm³/mol. The average Bonchev–Trinajstić information content (AvgIpc) is 2.64. The zero-order chi connectivity index (χ0) is 19.0. The minimum Gasteiger partial charge on any atom is -0.496 e. The number of hydrogen-bond donors (Lipinski definition) is 0. The van der Waals surface area contributed by atoms with Crippen molar-refractivity contribution in [2.75, 3.05) is 27.2 Å². The molecule has 1 aromatic heterocycles. The molecule has 3 rings (SSSR count). The Kier molecular flexibility index (Phi) is 8.64.